The van der Waals surface area contributed by atoms with E-state index < -0.39 is 0 Å². The monoisotopic (exact) mass is 357 g/mol. The molecule has 4 rings (SSSR count). The van der Waals surface area contributed by atoms with Crippen LogP contribution in [0.1, 0.15) is 43.4 Å². The van der Waals surface area contributed by atoms with Crippen LogP contribution in [0.4, 0.5) is 0 Å². The first-order chi connectivity index (χ1) is 12.3. The number of benzene rings is 1. The van der Waals surface area contributed by atoms with Gasteiger partial charge in [0.1, 0.15) is 5.76 Å². The van der Waals surface area contributed by atoms with Gasteiger partial charge in [0.2, 0.25) is 11.8 Å². The summed E-state index contributed by atoms with van der Waals surface area (Å²) in [4.78, 5) is 2.38. The van der Waals surface area contributed by atoms with Crippen molar-refractivity contribution >= 4 is 11.6 Å². The quantitative estimate of drug-likeness (QED) is 0.650. The van der Waals surface area contributed by atoms with Crippen LogP contribution >= 0.6 is 11.6 Å². The van der Waals surface area contributed by atoms with Crippen molar-refractivity contribution in [2.75, 3.05) is 6.54 Å². The highest BCUT2D eigenvalue weighted by molar-refractivity contribution is 6.30. The molecule has 130 valence electrons. The predicted molar refractivity (Wildman–Crippen MR) is 95.1 cm³/mol. The molecule has 1 aliphatic heterocycles. The lowest BCUT2D eigenvalue weighted by atomic mass is 10.1. The first kappa shape index (κ1) is 16.4. The Labute approximate surface area is 151 Å². The summed E-state index contributed by atoms with van der Waals surface area (Å²) >= 11 is 6.04. The standard InChI is InChI=1S/C19H20ClN3O2/c20-15-7-4-6-14(12-15)19-22-21-18(25-19)13-23-10-3-1-2-8-16(23)17-9-5-11-24-17/h4-7,9,11-12,16H,1-3,8,10,13H2. The fraction of sp³-hybridized carbons (Fsp3) is 0.368. The molecule has 1 atom stereocenters. The van der Waals surface area contributed by atoms with E-state index in [0.29, 0.717) is 23.3 Å². The lowest BCUT2D eigenvalue weighted by Crippen LogP contribution is -2.28. The number of hydrogen-bond acceptors (Lipinski definition) is 5. The van der Waals surface area contributed by atoms with Crippen LogP contribution < -0.4 is 0 Å². The van der Waals surface area contributed by atoms with E-state index in [1.807, 2.05) is 36.4 Å². The van der Waals surface area contributed by atoms with Crippen LogP contribution in [0.15, 0.2) is 51.5 Å². The van der Waals surface area contributed by atoms with Gasteiger partial charge in [-0.15, -0.1) is 10.2 Å². The summed E-state index contributed by atoms with van der Waals surface area (Å²) < 4.78 is 11.5. The smallest absolute Gasteiger partial charge is 0.247 e. The van der Waals surface area contributed by atoms with Gasteiger partial charge in [0, 0.05) is 10.6 Å². The molecule has 0 spiro atoms. The van der Waals surface area contributed by atoms with Crippen molar-refractivity contribution in [1.29, 1.82) is 0 Å². The lowest BCUT2D eigenvalue weighted by Gasteiger charge is -2.26. The number of rotatable bonds is 4. The fourth-order valence-corrected chi connectivity index (χ4v) is 3.58. The van der Waals surface area contributed by atoms with E-state index in [1.165, 1.54) is 19.3 Å². The Bertz CT molecular complexity index is 816. The van der Waals surface area contributed by atoms with Crippen LogP contribution in [0.25, 0.3) is 11.5 Å². The van der Waals surface area contributed by atoms with Crippen molar-refractivity contribution in [3.05, 3.63) is 59.3 Å². The molecular formula is C19H20ClN3O2. The maximum absolute atomic E-state index is 6.04. The highest BCUT2D eigenvalue weighted by atomic mass is 35.5. The van der Waals surface area contributed by atoms with Gasteiger partial charge in [-0.25, -0.2) is 0 Å². The average molecular weight is 358 g/mol. The zero-order chi connectivity index (χ0) is 17.1. The molecule has 0 bridgehead atoms. The highest BCUT2D eigenvalue weighted by Gasteiger charge is 2.26. The minimum atomic E-state index is 0.263. The van der Waals surface area contributed by atoms with Crippen LogP contribution in [0.5, 0.6) is 0 Å². The van der Waals surface area contributed by atoms with Gasteiger partial charge in [-0.05, 0) is 49.7 Å². The Balaban J connectivity index is 1.54. The second-order valence-electron chi connectivity index (χ2n) is 6.36. The topological polar surface area (TPSA) is 55.3 Å². The Kier molecular flexibility index (Phi) is 4.85. The van der Waals surface area contributed by atoms with Gasteiger partial charge in [0.15, 0.2) is 0 Å². The van der Waals surface area contributed by atoms with E-state index in [1.54, 1.807) is 6.26 Å². The highest BCUT2D eigenvalue weighted by Crippen LogP contribution is 2.32. The van der Waals surface area contributed by atoms with Gasteiger partial charge in [-0.2, -0.15) is 0 Å². The third-order valence-electron chi connectivity index (χ3n) is 4.61. The molecule has 1 fully saturated rings. The third-order valence-corrected chi connectivity index (χ3v) is 4.85. The molecule has 2 aromatic heterocycles. The molecular weight excluding hydrogens is 338 g/mol. The van der Waals surface area contributed by atoms with Crippen molar-refractivity contribution in [2.24, 2.45) is 0 Å². The van der Waals surface area contributed by atoms with Gasteiger partial charge < -0.3 is 8.83 Å². The fourth-order valence-electron chi connectivity index (χ4n) is 3.39. The van der Waals surface area contributed by atoms with E-state index >= 15 is 0 Å². The molecule has 1 aliphatic rings. The van der Waals surface area contributed by atoms with Gasteiger partial charge in [-0.1, -0.05) is 30.5 Å². The van der Waals surface area contributed by atoms with Crippen molar-refractivity contribution in [3.63, 3.8) is 0 Å². The number of halogens is 1. The molecule has 0 saturated carbocycles. The zero-order valence-corrected chi connectivity index (χ0v) is 14.7. The van der Waals surface area contributed by atoms with E-state index in [-0.39, 0.29) is 6.04 Å². The lowest BCUT2D eigenvalue weighted by molar-refractivity contribution is 0.155. The molecule has 6 heteroatoms. The molecule has 3 aromatic rings. The second-order valence-corrected chi connectivity index (χ2v) is 6.80. The van der Waals surface area contributed by atoms with Gasteiger partial charge >= 0.3 is 0 Å². The normalized spacial score (nSPS) is 19.0. The van der Waals surface area contributed by atoms with E-state index in [4.69, 9.17) is 20.4 Å². The first-order valence-corrected chi connectivity index (χ1v) is 9.03. The van der Waals surface area contributed by atoms with Gasteiger partial charge in [-0.3, -0.25) is 4.90 Å². The molecule has 3 heterocycles. The summed E-state index contributed by atoms with van der Waals surface area (Å²) in [5, 5.41) is 9.06. The predicted octanol–water partition coefficient (Wildman–Crippen LogP) is 5.10. The van der Waals surface area contributed by atoms with Crippen LogP contribution in [0.3, 0.4) is 0 Å². The SMILES string of the molecule is Clc1cccc(-c2nnc(CN3CCCCCC3c3ccco3)o2)c1. The Morgan fingerprint density at radius 2 is 2.08 bits per heavy atom. The third kappa shape index (κ3) is 3.78. The Morgan fingerprint density at radius 1 is 1.12 bits per heavy atom. The molecule has 0 radical (unpaired) electrons. The second kappa shape index (κ2) is 7.42. The minimum absolute atomic E-state index is 0.263. The van der Waals surface area contributed by atoms with Crippen LogP contribution in [-0.2, 0) is 6.54 Å². The number of aromatic nitrogens is 2. The van der Waals surface area contributed by atoms with Crippen LogP contribution in [0, 0.1) is 0 Å². The van der Waals surface area contributed by atoms with Crippen molar-refractivity contribution in [2.45, 2.75) is 38.3 Å². The van der Waals surface area contributed by atoms with Gasteiger partial charge in [0.25, 0.3) is 0 Å². The number of likely N-dealkylation sites (tertiary alicyclic amines) is 1. The van der Waals surface area contributed by atoms with E-state index in [0.717, 1.165) is 24.3 Å². The minimum Gasteiger partial charge on any atom is -0.468 e. The Morgan fingerprint density at radius 3 is 2.92 bits per heavy atom. The van der Waals surface area contributed by atoms with E-state index in [9.17, 15) is 0 Å². The summed E-state index contributed by atoms with van der Waals surface area (Å²) in [5.41, 5.74) is 0.838. The maximum atomic E-state index is 6.04. The van der Waals surface area contributed by atoms with Crippen molar-refractivity contribution in [1.82, 2.24) is 15.1 Å². The van der Waals surface area contributed by atoms with Crippen molar-refractivity contribution < 1.29 is 8.83 Å². The average Bonchev–Trinajstić information content (AvgIpc) is 3.25. The summed E-state index contributed by atoms with van der Waals surface area (Å²) in [6.45, 7) is 1.62. The molecule has 0 amide bonds. The molecule has 1 unspecified atom stereocenters. The summed E-state index contributed by atoms with van der Waals surface area (Å²) in [5.74, 6) is 2.13. The molecule has 0 N–H and O–H groups in total. The van der Waals surface area contributed by atoms with Crippen LogP contribution in [0.2, 0.25) is 5.02 Å². The van der Waals surface area contributed by atoms with Crippen molar-refractivity contribution in [3.8, 4) is 11.5 Å². The summed E-state index contributed by atoms with van der Waals surface area (Å²) in [7, 11) is 0. The van der Waals surface area contributed by atoms with Gasteiger partial charge in [0.05, 0.1) is 18.8 Å². The first-order valence-electron chi connectivity index (χ1n) is 8.65. The molecule has 1 aromatic carbocycles. The molecule has 5 nitrogen and oxygen atoms in total. The van der Waals surface area contributed by atoms with E-state index in [2.05, 4.69) is 15.1 Å². The summed E-state index contributed by atoms with van der Waals surface area (Å²) in [6, 6.07) is 11.7. The summed E-state index contributed by atoms with van der Waals surface area (Å²) in [6.07, 6.45) is 6.45. The van der Waals surface area contributed by atoms with Crippen LogP contribution in [-0.4, -0.2) is 21.6 Å². The Hall–Kier alpha value is -2.11. The molecule has 0 aliphatic carbocycles. The molecule has 1 saturated heterocycles. The maximum Gasteiger partial charge on any atom is 0.247 e. The number of nitrogens with zero attached hydrogens (tertiary/aromatic N) is 3. The zero-order valence-electron chi connectivity index (χ0n) is 13.9. The number of furan rings is 1. The largest absolute Gasteiger partial charge is 0.468 e. The number of hydrogen-bond donors (Lipinski definition) is 0. The molecule has 25 heavy (non-hydrogen) atoms.